The van der Waals surface area contributed by atoms with Gasteiger partial charge in [-0.15, -0.1) is 0 Å². The van der Waals surface area contributed by atoms with Crippen molar-refractivity contribution in [3.63, 3.8) is 0 Å². The van der Waals surface area contributed by atoms with Crippen LogP contribution in [0.25, 0.3) is 0 Å². The summed E-state index contributed by atoms with van der Waals surface area (Å²) in [7, 11) is -3.75. The highest BCUT2D eigenvalue weighted by Crippen LogP contribution is 2.53. The molecule has 3 rings (SSSR count). The topological polar surface area (TPSA) is 63.6 Å². The average molecular weight is 401 g/mol. The number of sulfone groups is 1. The Balaban J connectivity index is 1.95. The van der Waals surface area contributed by atoms with Crippen molar-refractivity contribution in [1.82, 2.24) is 0 Å². The zero-order valence-electron chi connectivity index (χ0n) is 16.5. The lowest BCUT2D eigenvalue weighted by Crippen LogP contribution is -2.50. The van der Waals surface area contributed by atoms with Crippen LogP contribution in [0.15, 0.2) is 77.7 Å². The maximum Gasteiger partial charge on any atom is 0.188 e. The highest BCUT2D eigenvalue weighted by atomic mass is 32.2. The first-order valence-electron chi connectivity index (χ1n) is 9.51. The van der Waals surface area contributed by atoms with Crippen LogP contribution in [0.1, 0.15) is 32.3 Å². The minimum atomic E-state index is -3.75. The maximum atomic E-state index is 13.7. The molecule has 3 atom stereocenters. The lowest BCUT2D eigenvalue weighted by atomic mass is 9.83. The van der Waals surface area contributed by atoms with Crippen molar-refractivity contribution < 1.29 is 18.3 Å². The normalized spacial score (nSPS) is 27.6. The number of benzene rings is 2. The van der Waals surface area contributed by atoms with Crippen molar-refractivity contribution in [1.29, 1.82) is 0 Å². The SMILES string of the molecule is C=C(C)[C@@]1(S(=O)(=O)c2ccccc2)CC[C@@](C)(O)[C@@H]1COCc1ccccc1. The number of hydrogen-bond acceptors (Lipinski definition) is 4. The van der Waals surface area contributed by atoms with Crippen LogP contribution in [-0.4, -0.2) is 30.5 Å². The summed E-state index contributed by atoms with van der Waals surface area (Å²) in [5.41, 5.74) is 0.395. The number of ether oxygens (including phenoxy) is 1. The highest BCUT2D eigenvalue weighted by molar-refractivity contribution is 7.93. The lowest BCUT2D eigenvalue weighted by Gasteiger charge is -2.39. The number of aliphatic hydroxyl groups is 1. The number of hydrogen-bond donors (Lipinski definition) is 1. The molecule has 2 aromatic rings. The monoisotopic (exact) mass is 400 g/mol. The van der Waals surface area contributed by atoms with E-state index in [1.807, 2.05) is 30.3 Å². The van der Waals surface area contributed by atoms with E-state index in [1.165, 1.54) is 0 Å². The van der Waals surface area contributed by atoms with E-state index in [0.29, 0.717) is 25.0 Å². The van der Waals surface area contributed by atoms with Crippen molar-refractivity contribution in [3.8, 4) is 0 Å². The van der Waals surface area contributed by atoms with Gasteiger partial charge in [0.1, 0.15) is 4.75 Å². The van der Waals surface area contributed by atoms with Crippen LogP contribution in [-0.2, 0) is 21.2 Å². The molecular weight excluding hydrogens is 372 g/mol. The summed E-state index contributed by atoms with van der Waals surface area (Å²) in [6.07, 6.45) is 0.706. The van der Waals surface area contributed by atoms with Crippen LogP contribution in [0.4, 0.5) is 0 Å². The summed E-state index contributed by atoms with van der Waals surface area (Å²) in [4.78, 5) is 0.253. The molecule has 0 saturated heterocycles. The van der Waals surface area contributed by atoms with Gasteiger partial charge in [0.05, 0.1) is 23.7 Å². The van der Waals surface area contributed by atoms with Crippen LogP contribution in [0.2, 0.25) is 0 Å². The zero-order valence-corrected chi connectivity index (χ0v) is 17.3. The second kappa shape index (κ2) is 7.82. The summed E-state index contributed by atoms with van der Waals surface area (Å²) < 4.78 is 32.1. The van der Waals surface area contributed by atoms with Crippen molar-refractivity contribution in [3.05, 3.63) is 78.4 Å². The quantitative estimate of drug-likeness (QED) is 0.709. The molecule has 1 N–H and O–H groups in total. The predicted octanol–water partition coefficient (Wildman–Crippen LogP) is 4.15. The van der Waals surface area contributed by atoms with Crippen LogP contribution >= 0.6 is 0 Å². The molecule has 0 amide bonds. The summed E-state index contributed by atoms with van der Waals surface area (Å²) in [6.45, 7) is 7.99. The predicted molar refractivity (Wildman–Crippen MR) is 111 cm³/mol. The summed E-state index contributed by atoms with van der Waals surface area (Å²) in [6, 6.07) is 18.1. The van der Waals surface area contributed by atoms with Crippen molar-refractivity contribution in [2.75, 3.05) is 6.61 Å². The molecule has 150 valence electrons. The molecular formula is C23H28O4S. The molecule has 0 unspecified atom stereocenters. The molecule has 2 aromatic carbocycles. The Hall–Kier alpha value is -1.95. The van der Waals surface area contributed by atoms with E-state index < -0.39 is 26.1 Å². The van der Waals surface area contributed by atoms with Gasteiger partial charge >= 0.3 is 0 Å². The van der Waals surface area contributed by atoms with E-state index in [9.17, 15) is 13.5 Å². The first kappa shape index (κ1) is 20.8. The Morgan fingerprint density at radius 3 is 2.25 bits per heavy atom. The van der Waals surface area contributed by atoms with Crippen LogP contribution < -0.4 is 0 Å². The van der Waals surface area contributed by atoms with Crippen LogP contribution in [0.5, 0.6) is 0 Å². The van der Waals surface area contributed by atoms with Crippen LogP contribution in [0, 0.1) is 5.92 Å². The summed E-state index contributed by atoms with van der Waals surface area (Å²) >= 11 is 0. The van der Waals surface area contributed by atoms with Gasteiger partial charge in [0.15, 0.2) is 9.84 Å². The number of rotatable bonds is 7. The largest absolute Gasteiger partial charge is 0.390 e. The Bertz CT molecular complexity index is 920. The smallest absolute Gasteiger partial charge is 0.188 e. The molecule has 0 aliphatic heterocycles. The third kappa shape index (κ3) is 3.54. The molecule has 0 bridgehead atoms. The van der Waals surface area contributed by atoms with Crippen molar-refractivity contribution >= 4 is 9.84 Å². The third-order valence-corrected chi connectivity index (χ3v) is 8.66. The minimum absolute atomic E-state index is 0.140. The lowest BCUT2D eigenvalue weighted by molar-refractivity contribution is -0.0314. The first-order valence-corrected chi connectivity index (χ1v) is 11.0. The minimum Gasteiger partial charge on any atom is -0.390 e. The molecule has 4 nitrogen and oxygen atoms in total. The molecule has 1 aliphatic rings. The Morgan fingerprint density at radius 1 is 1.11 bits per heavy atom. The zero-order chi connectivity index (χ0) is 20.4. The fourth-order valence-corrected chi connectivity index (χ4v) is 6.81. The van der Waals surface area contributed by atoms with E-state index >= 15 is 0 Å². The van der Waals surface area contributed by atoms with E-state index in [4.69, 9.17) is 4.74 Å². The van der Waals surface area contributed by atoms with Gasteiger partial charge in [0.2, 0.25) is 0 Å². The van der Waals surface area contributed by atoms with Crippen molar-refractivity contribution in [2.24, 2.45) is 5.92 Å². The second-order valence-electron chi connectivity index (χ2n) is 7.90. The Labute approximate surface area is 167 Å². The van der Waals surface area contributed by atoms with Crippen LogP contribution in [0.3, 0.4) is 0 Å². The molecule has 0 spiro atoms. The summed E-state index contributed by atoms with van der Waals surface area (Å²) in [5.74, 6) is -0.605. The molecule has 1 fully saturated rings. The van der Waals surface area contributed by atoms with Gasteiger partial charge in [-0.3, -0.25) is 0 Å². The van der Waals surface area contributed by atoms with E-state index in [2.05, 4.69) is 6.58 Å². The average Bonchev–Trinajstić information content (AvgIpc) is 2.96. The van der Waals surface area contributed by atoms with Gasteiger partial charge in [-0.1, -0.05) is 60.7 Å². The van der Waals surface area contributed by atoms with E-state index in [0.717, 1.165) is 5.56 Å². The van der Waals surface area contributed by atoms with Gasteiger partial charge in [0, 0.05) is 5.92 Å². The fraction of sp³-hybridized carbons (Fsp3) is 0.391. The molecule has 0 heterocycles. The standard InChI is InChI=1S/C23H28O4S/c1-18(2)23(28(25,26)20-12-8-5-9-13-20)15-14-22(3,24)21(23)17-27-16-19-10-6-4-7-11-19/h4-13,21,24H,1,14-17H2,2-3H3/t21-,22+,23-/m0/s1. The van der Waals surface area contributed by atoms with Gasteiger partial charge in [-0.2, -0.15) is 0 Å². The Morgan fingerprint density at radius 2 is 1.68 bits per heavy atom. The Kier molecular flexibility index (Phi) is 5.80. The van der Waals surface area contributed by atoms with E-state index in [-0.39, 0.29) is 11.5 Å². The van der Waals surface area contributed by atoms with Gasteiger partial charge in [-0.05, 0) is 44.4 Å². The molecule has 0 radical (unpaired) electrons. The summed E-state index contributed by atoms with van der Waals surface area (Å²) in [5, 5.41) is 11.1. The molecule has 5 heteroatoms. The van der Waals surface area contributed by atoms with Gasteiger partial charge in [0.25, 0.3) is 0 Å². The molecule has 1 aliphatic carbocycles. The van der Waals surface area contributed by atoms with E-state index in [1.54, 1.807) is 44.2 Å². The fourth-order valence-electron chi connectivity index (χ4n) is 4.34. The van der Waals surface area contributed by atoms with Gasteiger partial charge in [-0.25, -0.2) is 8.42 Å². The first-order chi connectivity index (χ1) is 13.2. The molecule has 28 heavy (non-hydrogen) atoms. The molecule has 1 saturated carbocycles. The third-order valence-electron chi connectivity index (χ3n) is 5.97. The molecule has 0 aromatic heterocycles. The van der Waals surface area contributed by atoms with Crippen molar-refractivity contribution in [2.45, 2.75) is 48.5 Å². The maximum absolute atomic E-state index is 13.7. The van der Waals surface area contributed by atoms with Gasteiger partial charge < -0.3 is 9.84 Å². The second-order valence-corrected chi connectivity index (χ2v) is 10.1. The highest BCUT2D eigenvalue weighted by Gasteiger charge is 2.61.